The van der Waals surface area contributed by atoms with Crippen LogP contribution in [0.3, 0.4) is 0 Å². The number of amides is 1. The highest BCUT2D eigenvalue weighted by Crippen LogP contribution is 2.35. The van der Waals surface area contributed by atoms with Crippen LogP contribution in [0.4, 0.5) is 0 Å². The minimum Gasteiger partial charge on any atom is -0.506 e. The average molecular weight is 409 g/mol. The highest BCUT2D eigenvalue weighted by atomic mass is 127. The molecule has 100 valence electrons. The van der Waals surface area contributed by atoms with Crippen LogP contribution >= 0.6 is 46.0 Å². The van der Waals surface area contributed by atoms with Crippen molar-refractivity contribution in [2.24, 2.45) is 4.99 Å². The average Bonchev–Trinajstić information content (AvgIpc) is 2.63. The molecule has 1 saturated heterocycles. The molecule has 1 aliphatic rings. The molecule has 1 aromatic rings. The van der Waals surface area contributed by atoms with Crippen molar-refractivity contribution < 1.29 is 9.90 Å². The Kier molecular flexibility index (Phi) is 4.42. The minimum absolute atomic E-state index is 0.121. The summed E-state index contributed by atoms with van der Waals surface area (Å²) in [5.74, 6) is -0.0181. The zero-order valence-electron chi connectivity index (χ0n) is 10.1. The van der Waals surface area contributed by atoms with E-state index >= 15 is 0 Å². The predicted octanol–water partition coefficient (Wildman–Crippen LogP) is 3.18. The maximum absolute atomic E-state index is 12.0. The number of nitrogens with zero attached hydrogens (tertiary/aromatic N) is 2. The Morgan fingerprint density at radius 2 is 2.21 bits per heavy atom. The Morgan fingerprint density at radius 1 is 1.53 bits per heavy atom. The first-order valence-electron chi connectivity index (χ1n) is 5.26. The molecule has 4 nitrogen and oxygen atoms in total. The van der Waals surface area contributed by atoms with E-state index in [9.17, 15) is 9.90 Å². The quantitative estimate of drug-likeness (QED) is 0.574. The van der Waals surface area contributed by atoms with E-state index in [2.05, 4.69) is 4.99 Å². The van der Waals surface area contributed by atoms with Crippen LogP contribution in [0.2, 0.25) is 5.02 Å². The Balaban J connectivity index is 2.46. The summed E-state index contributed by atoms with van der Waals surface area (Å²) in [5, 5.41) is 11.1. The number of phenolic OH excluding ortho intramolecular Hbond substituents is 1. The maximum atomic E-state index is 12.0. The fraction of sp³-hybridized carbons (Fsp3) is 0.167. The van der Waals surface area contributed by atoms with E-state index in [-0.39, 0.29) is 11.7 Å². The lowest BCUT2D eigenvalue weighted by atomic mass is 10.2. The molecule has 1 N–H and O–H groups in total. The molecule has 0 saturated carbocycles. The largest absolute Gasteiger partial charge is 0.506 e. The van der Waals surface area contributed by atoms with Crippen molar-refractivity contribution in [3.8, 4) is 5.75 Å². The van der Waals surface area contributed by atoms with Crippen molar-refractivity contribution in [1.82, 2.24) is 4.90 Å². The third kappa shape index (κ3) is 2.90. The summed E-state index contributed by atoms with van der Waals surface area (Å²) in [6.45, 7) is 0. The molecular weight excluding hydrogens is 399 g/mol. The number of phenols is 1. The van der Waals surface area contributed by atoms with Crippen molar-refractivity contribution >= 4 is 63.1 Å². The molecule has 0 unspecified atom stereocenters. The molecule has 1 amide bonds. The molecule has 1 aromatic carbocycles. The second-order valence-electron chi connectivity index (χ2n) is 3.81. The first-order valence-corrected chi connectivity index (χ1v) is 7.53. The molecular formula is C12H10ClIN2O2S. The van der Waals surface area contributed by atoms with Crippen molar-refractivity contribution in [1.29, 1.82) is 0 Å². The molecule has 0 atom stereocenters. The third-order valence-electron chi connectivity index (χ3n) is 2.54. The Morgan fingerprint density at radius 3 is 2.79 bits per heavy atom. The standard InChI is InChI=1S/C12H10ClIN2O2S/c1-15-12-16(2)11(18)9(19-12)4-6-3-7(13)5-8(14)10(6)17/h3-5,17H,1-2H3/b9-4+,15-12?. The normalized spacial score (nSPS) is 19.8. The Labute approximate surface area is 133 Å². The van der Waals surface area contributed by atoms with Gasteiger partial charge >= 0.3 is 0 Å². The number of amidine groups is 1. The number of aliphatic imine (C=N–C) groups is 1. The lowest BCUT2D eigenvalue weighted by molar-refractivity contribution is -0.121. The van der Waals surface area contributed by atoms with Crippen LogP contribution in [-0.2, 0) is 4.79 Å². The number of carbonyl (C=O) groups excluding carboxylic acids is 1. The van der Waals surface area contributed by atoms with E-state index in [0.29, 0.717) is 24.2 Å². The molecule has 2 rings (SSSR count). The van der Waals surface area contributed by atoms with Gasteiger partial charge in [-0.15, -0.1) is 0 Å². The molecule has 7 heteroatoms. The molecule has 1 aliphatic heterocycles. The van der Waals surface area contributed by atoms with Gasteiger partial charge in [0, 0.05) is 24.7 Å². The van der Waals surface area contributed by atoms with E-state index in [4.69, 9.17) is 11.6 Å². The van der Waals surface area contributed by atoms with Gasteiger partial charge < -0.3 is 5.11 Å². The third-order valence-corrected chi connectivity index (χ3v) is 4.73. The molecule has 1 fully saturated rings. The van der Waals surface area contributed by atoms with Gasteiger partial charge in [0.05, 0.1) is 8.48 Å². The second-order valence-corrected chi connectivity index (χ2v) is 6.41. The fourth-order valence-corrected chi connectivity index (χ4v) is 3.56. The van der Waals surface area contributed by atoms with Crippen LogP contribution in [0.5, 0.6) is 5.75 Å². The van der Waals surface area contributed by atoms with Gasteiger partial charge in [-0.1, -0.05) is 11.6 Å². The second kappa shape index (κ2) is 5.72. The summed E-state index contributed by atoms with van der Waals surface area (Å²) in [7, 11) is 3.30. The summed E-state index contributed by atoms with van der Waals surface area (Å²) in [4.78, 5) is 18.0. The Bertz CT molecular complexity index is 616. The van der Waals surface area contributed by atoms with Gasteiger partial charge in [0.1, 0.15) is 5.75 Å². The zero-order chi connectivity index (χ0) is 14.2. The summed E-state index contributed by atoms with van der Waals surface area (Å²) in [5.41, 5.74) is 0.526. The number of benzene rings is 1. The number of thioether (sulfide) groups is 1. The van der Waals surface area contributed by atoms with Crippen molar-refractivity contribution in [2.45, 2.75) is 0 Å². The lowest BCUT2D eigenvalue weighted by Crippen LogP contribution is -2.23. The topological polar surface area (TPSA) is 52.9 Å². The number of halogens is 2. The number of carbonyl (C=O) groups is 1. The van der Waals surface area contributed by atoms with E-state index in [0.717, 1.165) is 0 Å². The van der Waals surface area contributed by atoms with Crippen LogP contribution in [0.15, 0.2) is 22.0 Å². The van der Waals surface area contributed by atoms with Crippen molar-refractivity contribution in [3.05, 3.63) is 31.2 Å². The van der Waals surface area contributed by atoms with Crippen LogP contribution in [0, 0.1) is 3.57 Å². The SMILES string of the molecule is CN=C1S/C(=C/c2cc(Cl)cc(I)c2O)C(=O)N1C. The van der Waals surface area contributed by atoms with Crippen LogP contribution in [0.25, 0.3) is 6.08 Å². The van der Waals surface area contributed by atoms with Gasteiger partial charge in [0.15, 0.2) is 5.17 Å². The number of likely N-dealkylation sites (N-methyl/N-ethyl adjacent to an activating group) is 1. The summed E-state index contributed by atoms with van der Waals surface area (Å²) in [6.07, 6.45) is 1.63. The highest BCUT2D eigenvalue weighted by Gasteiger charge is 2.30. The van der Waals surface area contributed by atoms with Gasteiger partial charge in [-0.3, -0.25) is 14.7 Å². The van der Waals surface area contributed by atoms with Gasteiger partial charge in [-0.25, -0.2) is 0 Å². The predicted molar refractivity (Wildman–Crippen MR) is 87.5 cm³/mol. The molecule has 0 spiro atoms. The van der Waals surface area contributed by atoms with Crippen LogP contribution < -0.4 is 0 Å². The van der Waals surface area contributed by atoms with E-state index in [1.807, 2.05) is 22.6 Å². The van der Waals surface area contributed by atoms with Gasteiger partial charge in [-0.2, -0.15) is 0 Å². The molecule has 0 radical (unpaired) electrons. The first-order chi connectivity index (χ1) is 8.93. The van der Waals surface area contributed by atoms with E-state index in [1.54, 1.807) is 32.3 Å². The van der Waals surface area contributed by atoms with Gasteiger partial charge in [0.25, 0.3) is 5.91 Å². The molecule has 0 aliphatic carbocycles. The smallest absolute Gasteiger partial charge is 0.266 e. The molecule has 19 heavy (non-hydrogen) atoms. The van der Waals surface area contributed by atoms with Gasteiger partial charge in [0.2, 0.25) is 0 Å². The molecule has 0 aromatic heterocycles. The van der Waals surface area contributed by atoms with Crippen LogP contribution in [0.1, 0.15) is 5.56 Å². The molecule has 1 heterocycles. The van der Waals surface area contributed by atoms with Crippen molar-refractivity contribution in [2.75, 3.05) is 14.1 Å². The maximum Gasteiger partial charge on any atom is 0.266 e. The van der Waals surface area contributed by atoms with E-state index < -0.39 is 0 Å². The van der Waals surface area contributed by atoms with Crippen LogP contribution in [-0.4, -0.2) is 35.2 Å². The summed E-state index contributed by atoms with van der Waals surface area (Å²) >= 11 is 9.22. The number of hydrogen-bond donors (Lipinski definition) is 1. The van der Waals surface area contributed by atoms with Gasteiger partial charge in [-0.05, 0) is 52.6 Å². The number of hydrogen-bond acceptors (Lipinski definition) is 4. The number of aromatic hydroxyl groups is 1. The highest BCUT2D eigenvalue weighted by molar-refractivity contribution is 14.1. The molecule has 0 bridgehead atoms. The monoisotopic (exact) mass is 408 g/mol. The first kappa shape index (κ1) is 14.7. The van der Waals surface area contributed by atoms with E-state index in [1.165, 1.54) is 16.7 Å². The Hall–Kier alpha value is -0.730. The minimum atomic E-state index is -0.139. The summed E-state index contributed by atoms with van der Waals surface area (Å²) < 4.78 is 0.644. The fourth-order valence-electron chi connectivity index (χ4n) is 1.59. The summed E-state index contributed by atoms with van der Waals surface area (Å²) in [6, 6.07) is 3.29. The lowest BCUT2D eigenvalue weighted by Gasteiger charge is -2.05. The van der Waals surface area contributed by atoms with Crippen molar-refractivity contribution in [3.63, 3.8) is 0 Å². The zero-order valence-corrected chi connectivity index (χ0v) is 13.9. The number of rotatable bonds is 1.